The number of piperidine rings is 1. The Kier molecular flexibility index (Phi) is 2.76. The van der Waals surface area contributed by atoms with Gasteiger partial charge in [0, 0.05) is 25.0 Å². The monoisotopic (exact) mass is 283 g/mol. The molecule has 2 aliphatic rings. The molecule has 0 atom stereocenters. The van der Waals surface area contributed by atoms with Crippen molar-refractivity contribution >= 4 is 5.69 Å². The molecule has 21 heavy (non-hydrogen) atoms. The number of benzene rings is 1. The van der Waals surface area contributed by atoms with Crippen molar-refractivity contribution in [3.8, 4) is 11.4 Å². The van der Waals surface area contributed by atoms with Crippen LogP contribution in [0.25, 0.3) is 5.69 Å². The number of ether oxygens (including phenoxy) is 1. The SMILES string of the molecule is COc1ccc2c(c1)N(C)C1(CCNCC1)c1cccn1-2. The van der Waals surface area contributed by atoms with Crippen LogP contribution in [0.5, 0.6) is 5.75 Å². The highest BCUT2D eigenvalue weighted by molar-refractivity contribution is 5.70. The normalized spacial score (nSPS) is 19.2. The second kappa shape index (κ2) is 4.53. The van der Waals surface area contributed by atoms with E-state index in [0.29, 0.717) is 0 Å². The third-order valence-electron chi connectivity index (χ3n) is 5.10. The van der Waals surface area contributed by atoms with Gasteiger partial charge in [-0.1, -0.05) is 0 Å². The highest BCUT2D eigenvalue weighted by Gasteiger charge is 2.43. The molecule has 0 aliphatic carbocycles. The summed E-state index contributed by atoms with van der Waals surface area (Å²) in [5.74, 6) is 0.917. The van der Waals surface area contributed by atoms with Gasteiger partial charge >= 0.3 is 0 Å². The lowest BCUT2D eigenvalue weighted by molar-refractivity contribution is 0.287. The van der Waals surface area contributed by atoms with Gasteiger partial charge in [-0.15, -0.1) is 0 Å². The fraction of sp³-hybridized carbons (Fsp3) is 0.412. The number of nitrogens with zero attached hydrogens (tertiary/aromatic N) is 2. The van der Waals surface area contributed by atoms with Gasteiger partial charge in [-0.05, 0) is 50.2 Å². The number of nitrogens with one attached hydrogen (secondary N) is 1. The lowest BCUT2D eigenvalue weighted by Crippen LogP contribution is -2.53. The average Bonchev–Trinajstić information content (AvgIpc) is 3.04. The van der Waals surface area contributed by atoms with Crippen LogP contribution >= 0.6 is 0 Å². The van der Waals surface area contributed by atoms with Crippen LogP contribution in [-0.2, 0) is 5.54 Å². The van der Waals surface area contributed by atoms with Crippen LogP contribution in [0.4, 0.5) is 5.69 Å². The zero-order valence-corrected chi connectivity index (χ0v) is 12.6. The van der Waals surface area contributed by atoms with E-state index in [1.54, 1.807) is 7.11 Å². The number of anilines is 1. The van der Waals surface area contributed by atoms with Crippen LogP contribution in [0.2, 0.25) is 0 Å². The highest BCUT2D eigenvalue weighted by atomic mass is 16.5. The first-order valence-corrected chi connectivity index (χ1v) is 7.57. The van der Waals surface area contributed by atoms with Crippen molar-refractivity contribution in [1.82, 2.24) is 9.88 Å². The molecule has 4 heteroatoms. The van der Waals surface area contributed by atoms with Gasteiger partial charge in [0.25, 0.3) is 0 Å². The van der Waals surface area contributed by atoms with Crippen LogP contribution in [0.3, 0.4) is 0 Å². The topological polar surface area (TPSA) is 29.4 Å². The lowest BCUT2D eigenvalue weighted by Gasteiger charge is -2.50. The Labute approximate surface area is 125 Å². The average molecular weight is 283 g/mol. The molecule has 1 N–H and O–H groups in total. The molecule has 1 fully saturated rings. The van der Waals surface area contributed by atoms with Gasteiger partial charge in [-0.3, -0.25) is 0 Å². The molecule has 4 rings (SSSR count). The minimum absolute atomic E-state index is 0.0914. The molecule has 3 heterocycles. The van der Waals surface area contributed by atoms with E-state index in [-0.39, 0.29) is 5.54 Å². The number of fused-ring (bicyclic) bond motifs is 4. The standard InChI is InChI=1S/C17H21N3O/c1-19-15-12-13(21-2)5-6-14(15)20-11-3-4-16(20)17(19)7-9-18-10-8-17/h3-6,11-12,18H,7-10H2,1-2H3. The van der Waals surface area contributed by atoms with Crippen molar-refractivity contribution in [2.75, 3.05) is 32.1 Å². The van der Waals surface area contributed by atoms with Gasteiger partial charge in [0.1, 0.15) is 5.75 Å². The number of aromatic nitrogens is 1. The largest absolute Gasteiger partial charge is 0.497 e. The molecule has 0 bridgehead atoms. The summed E-state index contributed by atoms with van der Waals surface area (Å²) in [6, 6.07) is 10.8. The smallest absolute Gasteiger partial charge is 0.121 e. The quantitative estimate of drug-likeness (QED) is 0.872. The fourth-order valence-electron chi connectivity index (χ4n) is 3.91. The zero-order valence-electron chi connectivity index (χ0n) is 12.6. The Morgan fingerprint density at radius 1 is 1.14 bits per heavy atom. The molecule has 4 nitrogen and oxygen atoms in total. The molecule has 0 saturated carbocycles. The lowest BCUT2D eigenvalue weighted by atomic mass is 9.81. The summed E-state index contributed by atoms with van der Waals surface area (Å²) >= 11 is 0. The Balaban J connectivity index is 1.94. The van der Waals surface area contributed by atoms with Crippen LogP contribution in [0, 0.1) is 0 Å². The third kappa shape index (κ3) is 1.65. The number of hydrogen-bond acceptors (Lipinski definition) is 3. The van der Waals surface area contributed by atoms with Crippen molar-refractivity contribution in [2.45, 2.75) is 18.4 Å². The maximum Gasteiger partial charge on any atom is 0.121 e. The molecule has 0 unspecified atom stereocenters. The van der Waals surface area contributed by atoms with Crippen LogP contribution in [-0.4, -0.2) is 31.8 Å². The second-order valence-corrected chi connectivity index (χ2v) is 5.96. The summed E-state index contributed by atoms with van der Waals surface area (Å²) in [4.78, 5) is 2.46. The summed E-state index contributed by atoms with van der Waals surface area (Å²) in [7, 11) is 3.95. The minimum atomic E-state index is 0.0914. The van der Waals surface area contributed by atoms with E-state index in [1.165, 1.54) is 17.1 Å². The fourth-order valence-corrected chi connectivity index (χ4v) is 3.91. The van der Waals surface area contributed by atoms with Gasteiger partial charge in [-0.2, -0.15) is 0 Å². The molecule has 110 valence electrons. The van der Waals surface area contributed by atoms with Crippen molar-refractivity contribution in [3.63, 3.8) is 0 Å². The molecule has 1 aromatic heterocycles. The predicted octanol–water partition coefficient (Wildman–Crippen LogP) is 2.51. The van der Waals surface area contributed by atoms with E-state index < -0.39 is 0 Å². The van der Waals surface area contributed by atoms with E-state index in [2.05, 4.69) is 52.3 Å². The predicted molar refractivity (Wildman–Crippen MR) is 84.5 cm³/mol. The highest BCUT2D eigenvalue weighted by Crippen LogP contribution is 2.47. The molecular weight excluding hydrogens is 262 g/mol. The van der Waals surface area contributed by atoms with Gasteiger partial charge in [0.15, 0.2) is 0 Å². The first-order valence-electron chi connectivity index (χ1n) is 7.57. The van der Waals surface area contributed by atoms with Crippen LogP contribution < -0.4 is 15.0 Å². The maximum atomic E-state index is 5.43. The molecule has 1 spiro atoms. The molecule has 2 aromatic rings. The zero-order chi connectivity index (χ0) is 14.4. The Hall–Kier alpha value is -1.94. The van der Waals surface area contributed by atoms with Crippen LogP contribution in [0.15, 0.2) is 36.5 Å². The summed E-state index contributed by atoms with van der Waals surface area (Å²) < 4.78 is 7.77. The van der Waals surface area contributed by atoms with Gasteiger partial charge in [0.05, 0.1) is 24.0 Å². The van der Waals surface area contributed by atoms with Crippen LogP contribution in [0.1, 0.15) is 18.5 Å². The first kappa shape index (κ1) is 12.8. The molecule has 1 saturated heterocycles. The second-order valence-electron chi connectivity index (χ2n) is 5.96. The molecular formula is C17H21N3O. The van der Waals surface area contributed by atoms with Crippen molar-refractivity contribution < 1.29 is 4.74 Å². The van der Waals surface area contributed by atoms with E-state index in [4.69, 9.17) is 4.74 Å². The number of hydrogen-bond donors (Lipinski definition) is 1. The molecule has 0 amide bonds. The molecule has 0 radical (unpaired) electrons. The number of rotatable bonds is 1. The van der Waals surface area contributed by atoms with E-state index in [1.807, 2.05) is 6.07 Å². The number of methoxy groups -OCH3 is 1. The molecule has 2 aliphatic heterocycles. The van der Waals surface area contributed by atoms with E-state index >= 15 is 0 Å². The summed E-state index contributed by atoms with van der Waals surface area (Å²) in [6.07, 6.45) is 4.44. The first-order chi connectivity index (χ1) is 10.3. The van der Waals surface area contributed by atoms with Gasteiger partial charge < -0.3 is 19.5 Å². The van der Waals surface area contributed by atoms with Crippen molar-refractivity contribution in [2.24, 2.45) is 0 Å². The van der Waals surface area contributed by atoms with Crippen molar-refractivity contribution in [1.29, 1.82) is 0 Å². The summed E-state index contributed by atoms with van der Waals surface area (Å²) in [5, 5.41) is 3.49. The Morgan fingerprint density at radius 3 is 2.71 bits per heavy atom. The Morgan fingerprint density at radius 2 is 1.95 bits per heavy atom. The molecule has 1 aromatic carbocycles. The van der Waals surface area contributed by atoms with Gasteiger partial charge in [0.2, 0.25) is 0 Å². The third-order valence-corrected chi connectivity index (χ3v) is 5.10. The maximum absolute atomic E-state index is 5.43. The minimum Gasteiger partial charge on any atom is -0.497 e. The summed E-state index contributed by atoms with van der Waals surface area (Å²) in [5.41, 5.74) is 3.99. The van der Waals surface area contributed by atoms with E-state index in [9.17, 15) is 0 Å². The summed E-state index contributed by atoms with van der Waals surface area (Å²) in [6.45, 7) is 2.13. The Bertz CT molecular complexity index is 670. The van der Waals surface area contributed by atoms with Crippen molar-refractivity contribution in [3.05, 3.63) is 42.2 Å². The van der Waals surface area contributed by atoms with Gasteiger partial charge in [-0.25, -0.2) is 0 Å². The van der Waals surface area contributed by atoms with E-state index in [0.717, 1.165) is 31.7 Å².